The molecule has 10 heteroatoms. The van der Waals surface area contributed by atoms with Gasteiger partial charge < -0.3 is 23.5 Å². The predicted octanol–water partition coefficient (Wildman–Crippen LogP) is -0.349. The Morgan fingerprint density at radius 2 is 1.65 bits per heavy atom. The number of ketones is 1. The maximum atomic E-state index is 13.2. The first-order chi connectivity index (χ1) is 15.7. The lowest BCUT2D eigenvalue weighted by Crippen LogP contribution is -3.00. The fourth-order valence-corrected chi connectivity index (χ4v) is 4.46. The van der Waals surface area contributed by atoms with E-state index in [0.717, 1.165) is 5.56 Å². The number of aryl methyl sites for hydroxylation is 1. The van der Waals surface area contributed by atoms with Gasteiger partial charge in [-0.2, -0.15) is 12.6 Å². The van der Waals surface area contributed by atoms with Crippen LogP contribution in [0.3, 0.4) is 0 Å². The highest BCUT2D eigenvalue weighted by Crippen LogP contribution is 2.25. The van der Waals surface area contributed by atoms with Gasteiger partial charge in [-0.3, -0.25) is 14.3 Å². The van der Waals surface area contributed by atoms with Crippen molar-refractivity contribution in [2.24, 2.45) is 0 Å². The van der Waals surface area contributed by atoms with Gasteiger partial charge >= 0.3 is 0 Å². The Bertz CT molecular complexity index is 1250. The van der Waals surface area contributed by atoms with Crippen molar-refractivity contribution in [1.29, 1.82) is 0 Å². The molecule has 0 heterocycles. The first kappa shape index (κ1) is 27.4. The molecule has 1 amide bonds. The van der Waals surface area contributed by atoms with Crippen molar-refractivity contribution in [3.8, 4) is 0 Å². The van der Waals surface area contributed by atoms with E-state index in [1.807, 2.05) is 19.1 Å². The molecule has 0 bridgehead atoms. The normalized spacial score (nSPS) is 11.7. The molecule has 180 valence electrons. The van der Waals surface area contributed by atoms with Gasteiger partial charge in [0.15, 0.2) is 11.8 Å². The van der Waals surface area contributed by atoms with Gasteiger partial charge in [-0.05, 0) is 30.7 Å². The molecule has 0 unspecified atom stereocenters. The van der Waals surface area contributed by atoms with Crippen LogP contribution in [0.4, 0.5) is 11.4 Å². The second kappa shape index (κ2) is 12.0. The number of carbonyl (C=O) groups excluding carboxylic acids is 2. The summed E-state index contributed by atoms with van der Waals surface area (Å²) in [6.45, 7) is 1.92. The Hall–Kier alpha value is -2.85. The summed E-state index contributed by atoms with van der Waals surface area (Å²) in [6, 6.07) is 19.6. The first-order valence-corrected chi connectivity index (χ1v) is 12.5. The summed E-state index contributed by atoms with van der Waals surface area (Å²) in [7, 11) is -3.80. The predicted molar refractivity (Wildman–Crippen MR) is 133 cm³/mol. The molecule has 0 fully saturated rings. The van der Waals surface area contributed by atoms with Crippen LogP contribution < -0.4 is 28.2 Å². The topological polar surface area (TPSA) is 120 Å². The summed E-state index contributed by atoms with van der Waals surface area (Å²) < 4.78 is 28.2. The molecule has 0 aromatic heterocycles. The molecular formula is C24H26ClN3O4S2. The summed E-state index contributed by atoms with van der Waals surface area (Å²) in [4.78, 5) is 25.4. The zero-order valence-electron chi connectivity index (χ0n) is 18.5. The molecule has 7 nitrogen and oxygen atoms in total. The summed E-state index contributed by atoms with van der Waals surface area (Å²) in [5.41, 5.74) is 6.38. The van der Waals surface area contributed by atoms with Crippen molar-refractivity contribution in [2.75, 3.05) is 15.8 Å². The molecule has 3 rings (SSSR count). The molecule has 0 spiro atoms. The van der Waals surface area contributed by atoms with Gasteiger partial charge in [0.1, 0.15) is 0 Å². The molecule has 0 aliphatic rings. The number of amides is 1. The number of carbonyl (C=O) groups is 2. The highest BCUT2D eigenvalue weighted by molar-refractivity contribution is 7.91. The van der Waals surface area contributed by atoms with Crippen LogP contribution in [-0.4, -0.2) is 31.9 Å². The van der Waals surface area contributed by atoms with E-state index in [9.17, 15) is 18.0 Å². The summed E-state index contributed by atoms with van der Waals surface area (Å²) in [5, 5.41) is 2.69. The number of anilines is 2. The molecule has 3 aromatic rings. The largest absolute Gasteiger partial charge is 1.00 e. The van der Waals surface area contributed by atoms with Gasteiger partial charge in [-0.1, -0.05) is 60.2 Å². The standard InChI is InChI=1S/C24H25N3O4S2.ClH/c1-16-7-9-17(10-8-16)15-33(30,31)27-22-12-11-19(26-24(29)21(25)14-32)13-20(22)23(28)18-5-3-2-4-6-18;/h2-13,21,27,32H,14-15,25H2,1H3,(H,26,29);1H/t21-;/m0./s1. The fourth-order valence-electron chi connectivity index (χ4n) is 3.08. The first-order valence-electron chi connectivity index (χ1n) is 10.2. The Kier molecular flexibility index (Phi) is 9.69. The van der Waals surface area contributed by atoms with Crippen LogP contribution >= 0.6 is 12.6 Å². The number of rotatable bonds is 9. The average Bonchev–Trinajstić information content (AvgIpc) is 2.80. The summed E-state index contributed by atoms with van der Waals surface area (Å²) in [6.07, 6.45) is 0. The van der Waals surface area contributed by atoms with Gasteiger partial charge in [0.05, 0.1) is 17.2 Å². The highest BCUT2D eigenvalue weighted by Gasteiger charge is 2.21. The van der Waals surface area contributed by atoms with Crippen LogP contribution in [0.15, 0.2) is 72.8 Å². The number of hydrogen-bond donors (Lipinski definition) is 4. The molecule has 1 atom stereocenters. The van der Waals surface area contributed by atoms with E-state index >= 15 is 0 Å². The van der Waals surface area contributed by atoms with Crippen molar-refractivity contribution < 1.29 is 36.1 Å². The van der Waals surface area contributed by atoms with Crippen molar-refractivity contribution in [3.63, 3.8) is 0 Å². The molecule has 0 aliphatic carbocycles. The smallest absolute Gasteiger partial charge is 0.283 e. The highest BCUT2D eigenvalue weighted by atomic mass is 35.5. The van der Waals surface area contributed by atoms with E-state index in [4.69, 9.17) is 0 Å². The van der Waals surface area contributed by atoms with Crippen LogP contribution in [0.1, 0.15) is 27.0 Å². The summed E-state index contributed by atoms with van der Waals surface area (Å²) in [5.74, 6) is -0.704. The van der Waals surface area contributed by atoms with Gasteiger partial charge in [-0.25, -0.2) is 8.42 Å². The number of hydrogen-bond acceptors (Lipinski definition) is 5. The van der Waals surface area contributed by atoms with E-state index < -0.39 is 16.1 Å². The average molecular weight is 520 g/mol. The zero-order valence-corrected chi connectivity index (χ0v) is 21.0. The minimum absolute atomic E-state index is 0. The Labute approximate surface area is 211 Å². The Morgan fingerprint density at radius 1 is 1.00 bits per heavy atom. The third-order valence-electron chi connectivity index (χ3n) is 4.90. The SMILES string of the molecule is Cc1ccc(CS(=O)(=O)Nc2ccc(NC(=O)[C@@H]([NH3+])CS)cc2C(=O)c2ccccc2)cc1.[Cl-]. The number of benzene rings is 3. The van der Waals surface area contributed by atoms with E-state index in [1.165, 1.54) is 18.2 Å². The van der Waals surface area contributed by atoms with Gasteiger partial charge in [0.2, 0.25) is 10.0 Å². The fraction of sp³-hybridized carbons (Fsp3) is 0.167. The zero-order chi connectivity index (χ0) is 24.0. The number of thiol groups is 1. The van der Waals surface area contributed by atoms with E-state index in [2.05, 4.69) is 28.4 Å². The van der Waals surface area contributed by atoms with Gasteiger partial charge in [-0.15, -0.1) is 0 Å². The molecule has 0 radical (unpaired) electrons. The van der Waals surface area contributed by atoms with Crippen molar-refractivity contribution in [2.45, 2.75) is 18.7 Å². The number of sulfonamides is 1. The second-order valence-electron chi connectivity index (χ2n) is 7.67. The number of quaternary nitrogens is 1. The lowest BCUT2D eigenvalue weighted by molar-refractivity contribution is -0.395. The molecule has 34 heavy (non-hydrogen) atoms. The Morgan fingerprint density at radius 3 is 2.26 bits per heavy atom. The third kappa shape index (κ3) is 7.33. The van der Waals surface area contributed by atoms with E-state index in [0.29, 0.717) is 16.8 Å². The van der Waals surface area contributed by atoms with E-state index in [-0.39, 0.29) is 46.9 Å². The molecule has 5 N–H and O–H groups in total. The van der Waals surface area contributed by atoms with Crippen LogP contribution in [0.5, 0.6) is 0 Å². The van der Waals surface area contributed by atoms with E-state index in [1.54, 1.807) is 42.5 Å². The third-order valence-corrected chi connectivity index (χ3v) is 6.59. The van der Waals surface area contributed by atoms with Gasteiger partial charge in [0.25, 0.3) is 5.91 Å². The molecule has 0 saturated heterocycles. The minimum atomic E-state index is -3.80. The lowest BCUT2D eigenvalue weighted by atomic mass is 10.0. The number of nitrogens with one attached hydrogen (secondary N) is 2. The van der Waals surface area contributed by atoms with Crippen molar-refractivity contribution in [1.82, 2.24) is 0 Å². The van der Waals surface area contributed by atoms with Crippen molar-refractivity contribution in [3.05, 3.63) is 95.1 Å². The van der Waals surface area contributed by atoms with Gasteiger partial charge in [0, 0.05) is 16.8 Å². The van der Waals surface area contributed by atoms with Crippen LogP contribution in [-0.2, 0) is 20.6 Å². The molecule has 0 aliphatic heterocycles. The monoisotopic (exact) mass is 519 g/mol. The van der Waals surface area contributed by atoms with Crippen molar-refractivity contribution >= 4 is 45.7 Å². The molecular weight excluding hydrogens is 494 g/mol. The minimum Gasteiger partial charge on any atom is -1.00 e. The summed E-state index contributed by atoms with van der Waals surface area (Å²) >= 11 is 4.08. The molecule has 0 saturated carbocycles. The van der Waals surface area contributed by atoms with Crippen LogP contribution in [0.2, 0.25) is 0 Å². The lowest BCUT2D eigenvalue weighted by Gasteiger charge is -2.15. The maximum absolute atomic E-state index is 13.2. The van der Waals surface area contributed by atoms with Crippen LogP contribution in [0, 0.1) is 6.92 Å². The van der Waals surface area contributed by atoms with Crippen LogP contribution in [0.25, 0.3) is 0 Å². The molecule has 3 aromatic carbocycles. The quantitative estimate of drug-likeness (QED) is 0.228. The Balaban J connectivity index is 0.00000408. The second-order valence-corrected chi connectivity index (χ2v) is 9.76. The number of halogens is 1. The maximum Gasteiger partial charge on any atom is 0.283 e.